The lowest BCUT2D eigenvalue weighted by Crippen LogP contribution is -2.41. The van der Waals surface area contributed by atoms with Crippen LogP contribution in [0.25, 0.3) is 0 Å². The molecule has 25 heavy (non-hydrogen) atoms. The van der Waals surface area contributed by atoms with E-state index >= 15 is 4.39 Å². The highest BCUT2D eigenvalue weighted by atomic mass is 32.2. The van der Waals surface area contributed by atoms with Gasteiger partial charge in [0.15, 0.2) is 0 Å². The molecular formula is C17H28BFO5S. The van der Waals surface area contributed by atoms with Gasteiger partial charge in [0.25, 0.3) is 10.1 Å². The third-order valence-electron chi connectivity index (χ3n) is 7.38. The van der Waals surface area contributed by atoms with Gasteiger partial charge in [-0.15, -0.1) is 0 Å². The number of hydrogen-bond acceptors (Lipinski definition) is 4. The number of allylic oxidation sites excluding steroid dienone is 1. The lowest BCUT2D eigenvalue weighted by molar-refractivity contribution is 0.00578. The van der Waals surface area contributed by atoms with Gasteiger partial charge in [-0.3, -0.25) is 4.55 Å². The third-order valence-corrected chi connectivity index (χ3v) is 8.24. The van der Waals surface area contributed by atoms with E-state index in [9.17, 15) is 13.0 Å². The first kappa shape index (κ1) is 19.3. The zero-order valence-corrected chi connectivity index (χ0v) is 16.7. The Morgan fingerprint density at radius 3 is 2.16 bits per heavy atom. The van der Waals surface area contributed by atoms with Crippen LogP contribution in [0.5, 0.6) is 0 Å². The number of fused-ring (bicyclic) bond motifs is 2. The summed E-state index contributed by atoms with van der Waals surface area (Å²) in [5, 5.41) is 0. The third kappa shape index (κ3) is 2.71. The largest absolute Gasteiger partial charge is 0.525 e. The monoisotopic (exact) mass is 374 g/mol. The van der Waals surface area contributed by atoms with Gasteiger partial charge in [0.2, 0.25) is 0 Å². The molecule has 1 heterocycles. The van der Waals surface area contributed by atoms with Gasteiger partial charge in [-0.2, -0.15) is 8.42 Å². The molecule has 2 unspecified atom stereocenters. The predicted octanol–water partition coefficient (Wildman–Crippen LogP) is 3.56. The van der Waals surface area contributed by atoms with Crippen LogP contribution in [0.15, 0.2) is 11.3 Å². The van der Waals surface area contributed by atoms with Gasteiger partial charge in [-0.1, -0.05) is 13.8 Å². The van der Waals surface area contributed by atoms with E-state index in [-0.39, 0.29) is 5.92 Å². The van der Waals surface area contributed by atoms with Gasteiger partial charge >= 0.3 is 7.12 Å². The van der Waals surface area contributed by atoms with E-state index in [1.54, 1.807) is 0 Å². The second-order valence-corrected chi connectivity index (χ2v) is 10.8. The van der Waals surface area contributed by atoms with Gasteiger partial charge < -0.3 is 9.31 Å². The molecule has 2 bridgehead atoms. The highest BCUT2D eigenvalue weighted by Gasteiger charge is 2.65. The van der Waals surface area contributed by atoms with E-state index in [0.29, 0.717) is 18.4 Å². The van der Waals surface area contributed by atoms with Crippen molar-refractivity contribution in [3.05, 3.63) is 11.3 Å². The van der Waals surface area contributed by atoms with E-state index in [0.717, 1.165) is 6.42 Å². The van der Waals surface area contributed by atoms with Crippen LogP contribution in [-0.4, -0.2) is 37.0 Å². The van der Waals surface area contributed by atoms with Crippen molar-refractivity contribution in [2.75, 3.05) is 5.75 Å². The van der Waals surface area contributed by atoms with E-state index in [2.05, 4.69) is 0 Å². The minimum Gasteiger partial charge on any atom is -0.398 e. The van der Waals surface area contributed by atoms with Crippen LogP contribution in [0.1, 0.15) is 60.8 Å². The van der Waals surface area contributed by atoms with Crippen molar-refractivity contribution < 1.29 is 26.7 Å². The summed E-state index contributed by atoms with van der Waals surface area (Å²) in [6, 6.07) is 0. The average molecular weight is 374 g/mol. The molecule has 142 valence electrons. The molecule has 3 rings (SSSR count). The Kier molecular flexibility index (Phi) is 4.10. The molecule has 2 aliphatic carbocycles. The van der Waals surface area contributed by atoms with Crippen LogP contribution < -0.4 is 0 Å². The molecular weight excluding hydrogens is 346 g/mol. The highest BCUT2D eigenvalue weighted by molar-refractivity contribution is 7.85. The van der Waals surface area contributed by atoms with Crippen LogP contribution in [0.2, 0.25) is 0 Å². The molecule has 0 spiro atoms. The molecule has 1 aliphatic heterocycles. The Balaban J connectivity index is 2.05. The van der Waals surface area contributed by atoms with E-state index in [4.69, 9.17) is 9.31 Å². The standard InChI is InChI=1S/C17H28BFO5S/c1-14(2)11-7-8-17(14,10-25(20,21)22)12(9-11)13(19)18-23-15(3,4)16(5,6)24-18/h11H,7-10H2,1-6H3,(H,20,21,22). The molecule has 5 nitrogen and oxygen atoms in total. The van der Waals surface area contributed by atoms with Gasteiger partial charge in [-0.25, -0.2) is 4.39 Å². The van der Waals surface area contributed by atoms with Crippen molar-refractivity contribution in [3.8, 4) is 0 Å². The molecule has 0 aromatic rings. The van der Waals surface area contributed by atoms with Gasteiger partial charge in [0.1, 0.15) is 5.73 Å². The quantitative estimate of drug-likeness (QED) is 0.604. The Bertz CT molecular complexity index is 711. The topological polar surface area (TPSA) is 72.8 Å². The van der Waals surface area contributed by atoms with Crippen LogP contribution >= 0.6 is 0 Å². The smallest absolute Gasteiger partial charge is 0.398 e. The molecule has 8 heteroatoms. The average Bonchev–Trinajstić information content (AvgIpc) is 2.86. The normalized spacial score (nSPS) is 37.6. The van der Waals surface area contributed by atoms with Crippen molar-refractivity contribution >= 4 is 17.2 Å². The molecule has 2 saturated carbocycles. The SMILES string of the molecule is CC1(C)OB(C(F)=C2CC3CCC2(CS(=O)(=O)O)C3(C)C)OC1(C)C. The van der Waals surface area contributed by atoms with Crippen molar-refractivity contribution in [1.29, 1.82) is 0 Å². The van der Waals surface area contributed by atoms with Crippen LogP contribution in [0, 0.1) is 16.7 Å². The first-order chi connectivity index (χ1) is 11.1. The summed E-state index contributed by atoms with van der Waals surface area (Å²) in [4.78, 5) is 0. The van der Waals surface area contributed by atoms with Crippen molar-refractivity contribution in [2.24, 2.45) is 16.7 Å². The van der Waals surface area contributed by atoms with E-state index < -0.39 is 50.7 Å². The summed E-state index contributed by atoms with van der Waals surface area (Å²) in [7, 11) is -5.37. The lowest BCUT2D eigenvalue weighted by Gasteiger charge is -2.38. The summed E-state index contributed by atoms with van der Waals surface area (Å²) < 4.78 is 60.0. The molecule has 2 atom stereocenters. The minimum atomic E-state index is -4.24. The molecule has 0 amide bonds. The van der Waals surface area contributed by atoms with Gasteiger partial charge in [0.05, 0.1) is 17.0 Å². The van der Waals surface area contributed by atoms with E-state index in [1.165, 1.54) is 0 Å². The maximum Gasteiger partial charge on any atom is 0.525 e. The fourth-order valence-electron chi connectivity index (χ4n) is 4.90. The molecule has 1 N–H and O–H groups in total. The van der Waals surface area contributed by atoms with Crippen molar-refractivity contribution in [1.82, 2.24) is 0 Å². The first-order valence-electron chi connectivity index (χ1n) is 8.83. The zero-order chi connectivity index (χ0) is 19.1. The molecule has 3 fully saturated rings. The molecule has 0 aromatic heterocycles. The van der Waals surface area contributed by atoms with Crippen LogP contribution in [0.4, 0.5) is 4.39 Å². The second-order valence-electron chi connectivity index (χ2n) is 9.38. The molecule has 0 aromatic carbocycles. The summed E-state index contributed by atoms with van der Waals surface area (Å²) >= 11 is 0. The molecule has 1 saturated heterocycles. The Morgan fingerprint density at radius 1 is 1.20 bits per heavy atom. The van der Waals surface area contributed by atoms with Gasteiger partial charge in [0, 0.05) is 5.41 Å². The number of hydrogen-bond donors (Lipinski definition) is 1. The second kappa shape index (κ2) is 5.30. The molecule has 3 aliphatic rings. The Hall–Kier alpha value is -0.435. The van der Waals surface area contributed by atoms with Crippen LogP contribution in [-0.2, 0) is 19.4 Å². The maximum absolute atomic E-state index is 15.5. The van der Waals surface area contributed by atoms with E-state index in [1.807, 2.05) is 41.5 Å². The van der Waals surface area contributed by atoms with Gasteiger partial charge in [-0.05, 0) is 63.9 Å². The maximum atomic E-state index is 15.5. The summed E-state index contributed by atoms with van der Waals surface area (Å²) in [5.74, 6) is -0.261. The Morgan fingerprint density at radius 2 is 1.72 bits per heavy atom. The van der Waals surface area contributed by atoms with Crippen molar-refractivity contribution in [2.45, 2.75) is 72.0 Å². The van der Waals surface area contributed by atoms with Crippen LogP contribution in [0.3, 0.4) is 0 Å². The fourth-order valence-corrected chi connectivity index (χ4v) is 6.22. The molecule has 0 radical (unpaired) electrons. The minimum absolute atomic E-state index is 0.192. The predicted molar refractivity (Wildman–Crippen MR) is 94.2 cm³/mol. The summed E-state index contributed by atoms with van der Waals surface area (Å²) in [6.45, 7) is 11.3. The summed E-state index contributed by atoms with van der Waals surface area (Å²) in [6.07, 6.45) is 1.87. The Labute approximate surface area is 150 Å². The fraction of sp³-hybridized carbons (Fsp3) is 0.882. The number of halogens is 1. The lowest BCUT2D eigenvalue weighted by atomic mass is 9.66. The van der Waals surface area contributed by atoms with Crippen molar-refractivity contribution in [3.63, 3.8) is 0 Å². The number of rotatable bonds is 3. The first-order valence-corrected chi connectivity index (χ1v) is 10.4. The zero-order valence-electron chi connectivity index (χ0n) is 15.8. The summed E-state index contributed by atoms with van der Waals surface area (Å²) in [5.41, 5.74) is -2.71. The highest BCUT2D eigenvalue weighted by Crippen LogP contribution is 2.69.